The van der Waals surface area contributed by atoms with Crippen LogP contribution in [0.15, 0.2) is 0 Å². The maximum absolute atomic E-state index is 12.5. The van der Waals surface area contributed by atoms with E-state index in [2.05, 4.69) is 0 Å². The smallest absolute Gasteiger partial charge is 0.282 e. The first-order valence-corrected chi connectivity index (χ1v) is 8.30. The quantitative estimate of drug-likeness (QED) is 0.788. The first-order chi connectivity index (χ1) is 8.43. The average Bonchev–Trinajstić information content (AvgIpc) is 2.35. The zero-order valence-electron chi connectivity index (χ0n) is 11.8. The van der Waals surface area contributed by atoms with Crippen LogP contribution in [0.2, 0.25) is 0 Å². The Bertz CT molecular complexity index is 335. The van der Waals surface area contributed by atoms with Gasteiger partial charge in [0.05, 0.1) is 0 Å². The van der Waals surface area contributed by atoms with Crippen molar-refractivity contribution in [3.05, 3.63) is 0 Å². The number of nitrogens with two attached hydrogens (primary N) is 1. The molecule has 5 nitrogen and oxygen atoms in total. The molecule has 0 bridgehead atoms. The van der Waals surface area contributed by atoms with Crippen molar-refractivity contribution in [3.63, 3.8) is 0 Å². The Hall–Kier alpha value is -0.170. The molecular formula is C12H27N3O2S. The van der Waals surface area contributed by atoms with E-state index in [0.29, 0.717) is 32.1 Å². The molecular weight excluding hydrogens is 250 g/mol. The summed E-state index contributed by atoms with van der Waals surface area (Å²) >= 11 is 0. The minimum absolute atomic E-state index is 0.0159. The topological polar surface area (TPSA) is 66.6 Å². The minimum Gasteiger partial charge on any atom is -0.330 e. The van der Waals surface area contributed by atoms with Gasteiger partial charge in [0.15, 0.2) is 0 Å². The third-order valence-corrected chi connectivity index (χ3v) is 5.76. The molecule has 1 aliphatic rings. The summed E-state index contributed by atoms with van der Waals surface area (Å²) in [6, 6.07) is 0.0159. The molecule has 0 aliphatic carbocycles. The van der Waals surface area contributed by atoms with E-state index in [4.69, 9.17) is 5.73 Å². The van der Waals surface area contributed by atoms with Crippen LogP contribution in [0.4, 0.5) is 0 Å². The van der Waals surface area contributed by atoms with E-state index in [1.54, 1.807) is 8.61 Å². The normalized spacial score (nSPS) is 19.9. The Morgan fingerprint density at radius 2 is 1.89 bits per heavy atom. The van der Waals surface area contributed by atoms with Crippen LogP contribution in [0.1, 0.15) is 40.0 Å². The van der Waals surface area contributed by atoms with E-state index in [1.165, 1.54) is 0 Å². The fourth-order valence-corrected chi connectivity index (χ4v) is 4.30. The molecule has 2 N–H and O–H groups in total. The molecule has 0 radical (unpaired) electrons. The van der Waals surface area contributed by atoms with Gasteiger partial charge in [-0.1, -0.05) is 6.92 Å². The molecule has 1 aliphatic heterocycles. The molecule has 1 rings (SSSR count). The van der Waals surface area contributed by atoms with Gasteiger partial charge in [0.25, 0.3) is 10.2 Å². The Morgan fingerprint density at radius 3 is 2.28 bits per heavy atom. The second-order valence-electron chi connectivity index (χ2n) is 5.29. The monoisotopic (exact) mass is 277 g/mol. The standard InChI is InChI=1S/C12H27N3O2S/c1-4-7-15(11(2)3)18(16,17)14-8-5-12(10-13)6-9-14/h11-12H,4-10,13H2,1-3H3. The van der Waals surface area contributed by atoms with Gasteiger partial charge in [-0.15, -0.1) is 0 Å². The second-order valence-corrected chi connectivity index (χ2v) is 7.17. The highest BCUT2D eigenvalue weighted by molar-refractivity contribution is 7.86. The third kappa shape index (κ3) is 3.66. The lowest BCUT2D eigenvalue weighted by molar-refractivity contribution is 0.246. The van der Waals surface area contributed by atoms with E-state index in [1.807, 2.05) is 20.8 Å². The maximum atomic E-state index is 12.5. The Labute approximate surface area is 112 Å². The van der Waals surface area contributed by atoms with Gasteiger partial charge in [0, 0.05) is 25.7 Å². The van der Waals surface area contributed by atoms with Crippen LogP contribution in [-0.2, 0) is 10.2 Å². The van der Waals surface area contributed by atoms with Gasteiger partial charge in [0.1, 0.15) is 0 Å². The highest BCUT2D eigenvalue weighted by Crippen LogP contribution is 2.21. The van der Waals surface area contributed by atoms with Gasteiger partial charge >= 0.3 is 0 Å². The predicted molar refractivity (Wildman–Crippen MR) is 74.4 cm³/mol. The molecule has 1 fully saturated rings. The van der Waals surface area contributed by atoms with Gasteiger partial charge in [-0.05, 0) is 45.6 Å². The summed E-state index contributed by atoms with van der Waals surface area (Å²) in [6.45, 7) is 8.34. The van der Waals surface area contributed by atoms with Crippen molar-refractivity contribution in [1.82, 2.24) is 8.61 Å². The summed E-state index contributed by atoms with van der Waals surface area (Å²) < 4.78 is 28.3. The SMILES string of the molecule is CCCN(C(C)C)S(=O)(=O)N1CCC(CN)CC1. The lowest BCUT2D eigenvalue weighted by Crippen LogP contribution is -2.50. The molecule has 0 amide bonds. The summed E-state index contributed by atoms with van der Waals surface area (Å²) in [5, 5.41) is 0. The fourth-order valence-electron chi connectivity index (χ4n) is 2.38. The lowest BCUT2D eigenvalue weighted by atomic mass is 9.99. The first-order valence-electron chi connectivity index (χ1n) is 6.90. The maximum Gasteiger partial charge on any atom is 0.282 e. The van der Waals surface area contributed by atoms with E-state index < -0.39 is 10.2 Å². The first kappa shape index (κ1) is 15.9. The van der Waals surface area contributed by atoms with Crippen LogP contribution in [0.3, 0.4) is 0 Å². The van der Waals surface area contributed by atoms with Crippen molar-refractivity contribution in [2.75, 3.05) is 26.2 Å². The molecule has 0 atom stereocenters. The Morgan fingerprint density at radius 1 is 1.33 bits per heavy atom. The second kappa shape index (κ2) is 6.84. The fraction of sp³-hybridized carbons (Fsp3) is 1.00. The molecule has 108 valence electrons. The van der Waals surface area contributed by atoms with Crippen LogP contribution >= 0.6 is 0 Å². The Kier molecular flexibility index (Phi) is 6.04. The van der Waals surface area contributed by atoms with Crippen molar-refractivity contribution in [2.24, 2.45) is 11.7 Å². The Balaban J connectivity index is 2.73. The van der Waals surface area contributed by atoms with Gasteiger partial charge in [0.2, 0.25) is 0 Å². The van der Waals surface area contributed by atoms with E-state index >= 15 is 0 Å². The van der Waals surface area contributed by atoms with Crippen molar-refractivity contribution >= 4 is 10.2 Å². The van der Waals surface area contributed by atoms with Crippen molar-refractivity contribution in [2.45, 2.75) is 46.1 Å². The van der Waals surface area contributed by atoms with Gasteiger partial charge in [-0.25, -0.2) is 0 Å². The molecule has 0 spiro atoms. The zero-order chi connectivity index (χ0) is 13.8. The van der Waals surface area contributed by atoms with Crippen LogP contribution < -0.4 is 5.73 Å². The van der Waals surface area contributed by atoms with Crippen molar-refractivity contribution < 1.29 is 8.42 Å². The zero-order valence-corrected chi connectivity index (χ0v) is 12.6. The molecule has 6 heteroatoms. The van der Waals surface area contributed by atoms with Crippen LogP contribution in [0, 0.1) is 5.92 Å². The molecule has 0 unspecified atom stereocenters. The summed E-state index contributed by atoms with van der Waals surface area (Å²) in [4.78, 5) is 0. The number of rotatable bonds is 6. The summed E-state index contributed by atoms with van der Waals surface area (Å²) in [6.07, 6.45) is 2.61. The lowest BCUT2D eigenvalue weighted by Gasteiger charge is -2.36. The van der Waals surface area contributed by atoms with Crippen molar-refractivity contribution in [1.29, 1.82) is 0 Å². The van der Waals surface area contributed by atoms with Gasteiger partial charge < -0.3 is 5.73 Å². The van der Waals surface area contributed by atoms with E-state index in [0.717, 1.165) is 19.3 Å². The van der Waals surface area contributed by atoms with Crippen LogP contribution in [0.5, 0.6) is 0 Å². The molecule has 0 aromatic carbocycles. The van der Waals surface area contributed by atoms with E-state index in [-0.39, 0.29) is 6.04 Å². The van der Waals surface area contributed by atoms with Gasteiger partial charge in [-0.2, -0.15) is 17.0 Å². The van der Waals surface area contributed by atoms with Crippen LogP contribution in [-0.4, -0.2) is 49.2 Å². The largest absolute Gasteiger partial charge is 0.330 e. The van der Waals surface area contributed by atoms with Gasteiger partial charge in [-0.3, -0.25) is 0 Å². The van der Waals surface area contributed by atoms with Crippen LogP contribution in [0.25, 0.3) is 0 Å². The number of piperidine rings is 1. The predicted octanol–water partition coefficient (Wildman–Crippen LogP) is 1.02. The van der Waals surface area contributed by atoms with E-state index in [9.17, 15) is 8.42 Å². The number of nitrogens with zero attached hydrogens (tertiary/aromatic N) is 2. The number of hydrogen-bond acceptors (Lipinski definition) is 3. The summed E-state index contributed by atoms with van der Waals surface area (Å²) in [7, 11) is -3.29. The summed E-state index contributed by atoms with van der Waals surface area (Å²) in [5.41, 5.74) is 5.64. The third-order valence-electron chi connectivity index (χ3n) is 3.55. The molecule has 0 aromatic rings. The number of hydrogen-bond donors (Lipinski definition) is 1. The highest BCUT2D eigenvalue weighted by atomic mass is 32.2. The molecule has 1 saturated heterocycles. The minimum atomic E-state index is -3.29. The molecule has 0 saturated carbocycles. The summed E-state index contributed by atoms with van der Waals surface area (Å²) in [5.74, 6) is 0.482. The highest BCUT2D eigenvalue weighted by Gasteiger charge is 2.33. The molecule has 18 heavy (non-hydrogen) atoms. The molecule has 0 aromatic heterocycles. The molecule has 1 heterocycles. The van der Waals surface area contributed by atoms with Crippen molar-refractivity contribution in [3.8, 4) is 0 Å². The average molecular weight is 277 g/mol.